The molecule has 0 unspecified atom stereocenters. The maximum atomic E-state index is 4.07. The van der Waals surface area contributed by atoms with Crippen LogP contribution in [0.3, 0.4) is 0 Å². The van der Waals surface area contributed by atoms with Crippen LogP contribution in [-0.2, 0) is 0 Å². The molecule has 1 aromatic rings. The zero-order chi connectivity index (χ0) is 15.7. The fourth-order valence-corrected chi connectivity index (χ4v) is 3.10. The summed E-state index contributed by atoms with van der Waals surface area (Å²) in [6.45, 7) is 2.25. The van der Waals surface area contributed by atoms with E-state index in [1.165, 1.54) is 69.3 Å². The van der Waals surface area contributed by atoms with E-state index in [2.05, 4.69) is 35.5 Å². The van der Waals surface area contributed by atoms with Crippen LogP contribution in [0.4, 0.5) is 0 Å². The van der Waals surface area contributed by atoms with Crippen molar-refractivity contribution in [1.82, 2.24) is 4.98 Å². The summed E-state index contributed by atoms with van der Waals surface area (Å²) >= 11 is 2.07. The Bertz CT molecular complexity index is 405. The zero-order valence-electron chi connectivity index (χ0n) is 14.2. The molecule has 0 aliphatic carbocycles. The average molecular weight is 318 g/mol. The minimum Gasteiger partial charge on any atom is -0.263 e. The monoisotopic (exact) mass is 317 g/mol. The molecule has 0 saturated heterocycles. The Morgan fingerprint density at radius 3 is 2.27 bits per heavy atom. The first-order valence-corrected chi connectivity index (χ1v) is 10.1. The number of thioether (sulfide) groups is 1. The summed E-state index contributed by atoms with van der Waals surface area (Å²) < 4.78 is 0. The normalized spacial score (nSPS) is 10.2. The second kappa shape index (κ2) is 15.0. The third-order valence-corrected chi connectivity index (χ3v) is 4.67. The molecule has 0 radical (unpaired) electrons. The third-order valence-electron chi connectivity index (χ3n) is 3.69. The molecular weight excluding hydrogens is 286 g/mol. The van der Waals surface area contributed by atoms with Gasteiger partial charge in [0, 0.05) is 24.4 Å². The fourth-order valence-electron chi connectivity index (χ4n) is 2.40. The van der Waals surface area contributed by atoms with Gasteiger partial charge in [-0.15, -0.1) is 0 Å². The van der Waals surface area contributed by atoms with Crippen molar-refractivity contribution < 1.29 is 0 Å². The topological polar surface area (TPSA) is 12.9 Å². The summed E-state index contributed by atoms with van der Waals surface area (Å²) in [4.78, 5) is 4.07. The van der Waals surface area contributed by atoms with Gasteiger partial charge in [-0.1, -0.05) is 63.7 Å². The van der Waals surface area contributed by atoms with Crippen LogP contribution < -0.4 is 0 Å². The van der Waals surface area contributed by atoms with Crippen molar-refractivity contribution in [1.29, 1.82) is 0 Å². The van der Waals surface area contributed by atoms with Crippen LogP contribution in [-0.4, -0.2) is 16.5 Å². The van der Waals surface area contributed by atoms with E-state index in [1.807, 2.05) is 18.3 Å². The van der Waals surface area contributed by atoms with E-state index in [-0.39, 0.29) is 0 Å². The molecule has 0 spiro atoms. The molecule has 122 valence electrons. The molecule has 1 heterocycles. The Morgan fingerprint density at radius 2 is 1.64 bits per heavy atom. The Morgan fingerprint density at radius 1 is 0.955 bits per heavy atom. The van der Waals surface area contributed by atoms with Crippen LogP contribution in [0.1, 0.15) is 76.7 Å². The number of hydrogen-bond acceptors (Lipinski definition) is 2. The highest BCUT2D eigenvalue weighted by molar-refractivity contribution is 7.99. The predicted molar refractivity (Wildman–Crippen MR) is 100 cm³/mol. The lowest BCUT2D eigenvalue weighted by Gasteiger charge is -2.01. The van der Waals surface area contributed by atoms with Gasteiger partial charge in [-0.3, -0.25) is 4.98 Å². The average Bonchev–Trinajstić information content (AvgIpc) is 2.56. The number of nitrogens with zero attached hydrogens (tertiary/aromatic N) is 1. The van der Waals surface area contributed by atoms with Crippen LogP contribution in [0.25, 0.3) is 0 Å². The van der Waals surface area contributed by atoms with E-state index in [9.17, 15) is 0 Å². The number of rotatable bonds is 12. The van der Waals surface area contributed by atoms with Gasteiger partial charge in [0.2, 0.25) is 0 Å². The highest BCUT2D eigenvalue weighted by atomic mass is 32.2. The summed E-state index contributed by atoms with van der Waals surface area (Å²) in [6.07, 6.45) is 17.1. The second-order valence-electron chi connectivity index (χ2n) is 5.67. The van der Waals surface area contributed by atoms with Crippen molar-refractivity contribution in [3.63, 3.8) is 0 Å². The van der Waals surface area contributed by atoms with E-state index in [0.29, 0.717) is 0 Å². The molecule has 2 heteroatoms. The van der Waals surface area contributed by atoms with Gasteiger partial charge >= 0.3 is 0 Å². The Balaban J connectivity index is 1.81. The van der Waals surface area contributed by atoms with Gasteiger partial charge in [0.15, 0.2) is 0 Å². The van der Waals surface area contributed by atoms with Gasteiger partial charge in [0.05, 0.1) is 0 Å². The molecule has 0 aliphatic rings. The lowest BCUT2D eigenvalue weighted by molar-refractivity contribution is 0.568. The first-order valence-electron chi connectivity index (χ1n) is 8.90. The summed E-state index contributed by atoms with van der Waals surface area (Å²) in [6, 6.07) is 3.95. The van der Waals surface area contributed by atoms with Gasteiger partial charge in [0.25, 0.3) is 0 Å². The van der Waals surface area contributed by atoms with E-state index in [1.54, 1.807) is 6.20 Å². The van der Waals surface area contributed by atoms with Crippen LogP contribution in [0.2, 0.25) is 0 Å². The third kappa shape index (κ3) is 11.7. The van der Waals surface area contributed by atoms with Crippen LogP contribution in [0, 0.1) is 11.8 Å². The molecule has 0 fully saturated rings. The highest BCUT2D eigenvalue weighted by Crippen LogP contribution is 2.12. The molecule has 0 aliphatic heterocycles. The van der Waals surface area contributed by atoms with E-state index < -0.39 is 0 Å². The zero-order valence-corrected chi connectivity index (χ0v) is 15.0. The molecule has 0 atom stereocenters. The van der Waals surface area contributed by atoms with Gasteiger partial charge in [-0.25, -0.2) is 0 Å². The summed E-state index contributed by atoms with van der Waals surface area (Å²) in [5.41, 5.74) is 1.03. The predicted octanol–water partition coefficient (Wildman–Crippen LogP) is 6.09. The lowest BCUT2D eigenvalue weighted by Crippen LogP contribution is -1.84. The minimum absolute atomic E-state index is 1.02. The van der Waals surface area contributed by atoms with Crippen molar-refractivity contribution in [3.8, 4) is 11.8 Å². The summed E-state index contributed by atoms with van der Waals surface area (Å²) in [7, 11) is 0. The maximum absolute atomic E-state index is 4.07. The number of aromatic nitrogens is 1. The molecule has 0 aromatic carbocycles. The van der Waals surface area contributed by atoms with Crippen molar-refractivity contribution in [2.75, 3.05) is 11.5 Å². The standard InChI is InChI=1S/C20H31NS/c1-2-22-18-13-11-9-7-5-3-4-6-8-10-12-15-20-16-14-17-21-19-20/h14,16-17,19H,2-11,13,18H2,1H3. The smallest absolute Gasteiger partial charge is 0.0428 e. The summed E-state index contributed by atoms with van der Waals surface area (Å²) in [5, 5.41) is 0. The molecule has 1 nitrogen and oxygen atoms in total. The Labute approximate surface area is 141 Å². The second-order valence-corrected chi connectivity index (χ2v) is 7.07. The largest absolute Gasteiger partial charge is 0.263 e. The first kappa shape index (κ1) is 19.1. The molecule has 0 amide bonds. The van der Waals surface area contributed by atoms with E-state index >= 15 is 0 Å². The van der Waals surface area contributed by atoms with Gasteiger partial charge in [0.1, 0.15) is 0 Å². The fraction of sp³-hybridized carbons (Fsp3) is 0.650. The SMILES string of the molecule is CCSCCCCCCCCCCCC#Cc1cccnc1. The van der Waals surface area contributed by atoms with Gasteiger partial charge < -0.3 is 0 Å². The Hall–Kier alpha value is -0.940. The molecule has 0 saturated carbocycles. The molecule has 1 aromatic heterocycles. The molecule has 0 N–H and O–H groups in total. The van der Waals surface area contributed by atoms with Crippen molar-refractivity contribution in [3.05, 3.63) is 30.1 Å². The number of hydrogen-bond donors (Lipinski definition) is 0. The highest BCUT2D eigenvalue weighted by Gasteiger charge is 1.93. The number of unbranched alkanes of at least 4 members (excludes halogenated alkanes) is 9. The maximum Gasteiger partial charge on any atom is 0.0428 e. The van der Waals surface area contributed by atoms with Crippen LogP contribution >= 0.6 is 11.8 Å². The molecule has 0 bridgehead atoms. The van der Waals surface area contributed by atoms with Gasteiger partial charge in [-0.05, 0) is 36.5 Å². The van der Waals surface area contributed by atoms with Crippen molar-refractivity contribution in [2.24, 2.45) is 0 Å². The van der Waals surface area contributed by atoms with Gasteiger partial charge in [-0.2, -0.15) is 11.8 Å². The Kier molecular flexibility index (Phi) is 13.0. The van der Waals surface area contributed by atoms with Crippen LogP contribution in [0.15, 0.2) is 24.5 Å². The van der Waals surface area contributed by atoms with E-state index in [0.717, 1.165) is 12.0 Å². The minimum atomic E-state index is 1.02. The van der Waals surface area contributed by atoms with Crippen molar-refractivity contribution >= 4 is 11.8 Å². The number of pyridine rings is 1. The first-order chi connectivity index (χ1) is 10.9. The molecule has 1 rings (SSSR count). The molecular formula is C20H31NS. The molecule has 22 heavy (non-hydrogen) atoms. The quantitative estimate of drug-likeness (QED) is 0.342. The lowest BCUT2D eigenvalue weighted by atomic mass is 10.1. The summed E-state index contributed by atoms with van der Waals surface area (Å²) in [5.74, 6) is 9.04. The van der Waals surface area contributed by atoms with Crippen molar-refractivity contribution in [2.45, 2.75) is 71.1 Å². The van der Waals surface area contributed by atoms with Crippen LogP contribution in [0.5, 0.6) is 0 Å². The van der Waals surface area contributed by atoms with E-state index in [4.69, 9.17) is 0 Å².